The Kier molecular flexibility index (Phi) is 8.85. The molecule has 0 unspecified atom stereocenters. The number of nitrogens with zero attached hydrogens (tertiary/aromatic N) is 1. The van der Waals surface area contributed by atoms with Crippen LogP contribution in [0.2, 0.25) is 0 Å². The summed E-state index contributed by atoms with van der Waals surface area (Å²) in [5.74, 6) is -0.0709. The van der Waals surface area contributed by atoms with E-state index in [0.29, 0.717) is 18.0 Å². The molecule has 1 aromatic carbocycles. The Morgan fingerprint density at radius 2 is 1.84 bits per heavy atom. The van der Waals surface area contributed by atoms with E-state index in [4.69, 9.17) is 0 Å². The molecule has 8 heteroatoms. The van der Waals surface area contributed by atoms with Crippen molar-refractivity contribution in [2.75, 3.05) is 33.7 Å². The molecular weight excluding hydrogens is 362 g/mol. The van der Waals surface area contributed by atoms with Crippen LogP contribution in [0.3, 0.4) is 0 Å². The van der Waals surface area contributed by atoms with Crippen LogP contribution >= 0.6 is 12.4 Å². The maximum Gasteiger partial charge on any atom is 0.240 e. The fourth-order valence-corrected chi connectivity index (χ4v) is 3.93. The fourth-order valence-electron chi connectivity index (χ4n) is 2.85. The number of sulfonamides is 1. The van der Waals surface area contributed by atoms with E-state index in [2.05, 4.69) is 10.0 Å². The zero-order valence-electron chi connectivity index (χ0n) is 14.9. The smallest absolute Gasteiger partial charge is 0.240 e. The number of fused-ring (bicyclic) bond motifs is 1. The molecule has 0 fully saturated rings. The zero-order chi connectivity index (χ0) is 17.6. The number of rotatable bonds is 8. The minimum absolute atomic E-state index is 0. The average molecular weight is 390 g/mol. The topological polar surface area (TPSA) is 78.5 Å². The number of carbonyl (C=O) groups is 1. The summed E-state index contributed by atoms with van der Waals surface area (Å²) in [6.45, 7) is 1.43. The molecule has 1 aromatic rings. The molecule has 1 amide bonds. The summed E-state index contributed by atoms with van der Waals surface area (Å²) < 4.78 is 27.3. The number of carbonyl (C=O) groups excluding carboxylic acids is 1. The van der Waals surface area contributed by atoms with Crippen molar-refractivity contribution in [3.8, 4) is 0 Å². The van der Waals surface area contributed by atoms with Gasteiger partial charge in [0.1, 0.15) is 0 Å². The third kappa shape index (κ3) is 6.26. The molecule has 0 heterocycles. The highest BCUT2D eigenvalue weighted by molar-refractivity contribution is 7.89. The van der Waals surface area contributed by atoms with Gasteiger partial charge in [-0.2, -0.15) is 0 Å². The second kappa shape index (κ2) is 10.1. The van der Waals surface area contributed by atoms with Gasteiger partial charge in [-0.15, -0.1) is 12.4 Å². The van der Waals surface area contributed by atoms with Crippen molar-refractivity contribution in [2.45, 2.75) is 37.0 Å². The number of hydrogen-bond acceptors (Lipinski definition) is 4. The molecule has 25 heavy (non-hydrogen) atoms. The van der Waals surface area contributed by atoms with Crippen LogP contribution in [0.25, 0.3) is 0 Å². The fraction of sp³-hybridized carbons (Fsp3) is 0.588. The lowest BCUT2D eigenvalue weighted by Crippen LogP contribution is -2.35. The number of amides is 1. The quantitative estimate of drug-likeness (QED) is 0.703. The lowest BCUT2D eigenvalue weighted by molar-refractivity contribution is -0.129. The molecule has 0 bridgehead atoms. The first-order valence-corrected chi connectivity index (χ1v) is 9.92. The van der Waals surface area contributed by atoms with Gasteiger partial charge in [-0.1, -0.05) is 6.07 Å². The van der Waals surface area contributed by atoms with Gasteiger partial charge in [0.2, 0.25) is 15.9 Å². The van der Waals surface area contributed by atoms with Gasteiger partial charge in [-0.05, 0) is 56.0 Å². The van der Waals surface area contributed by atoms with E-state index in [-0.39, 0.29) is 31.3 Å². The number of nitrogens with one attached hydrogen (secondary N) is 2. The van der Waals surface area contributed by atoms with Crippen LogP contribution < -0.4 is 10.0 Å². The first-order chi connectivity index (χ1) is 11.4. The van der Waals surface area contributed by atoms with E-state index in [1.54, 1.807) is 24.1 Å². The van der Waals surface area contributed by atoms with Crippen LogP contribution in [0, 0.1) is 0 Å². The van der Waals surface area contributed by atoms with Crippen molar-refractivity contribution < 1.29 is 13.2 Å². The molecule has 0 saturated carbocycles. The van der Waals surface area contributed by atoms with E-state index < -0.39 is 10.0 Å². The Hall–Kier alpha value is -1.15. The summed E-state index contributed by atoms with van der Waals surface area (Å²) in [7, 11) is -0.0208. The van der Waals surface area contributed by atoms with Gasteiger partial charge in [-0.3, -0.25) is 4.79 Å². The van der Waals surface area contributed by atoms with Gasteiger partial charge in [0.15, 0.2) is 0 Å². The average Bonchev–Trinajstić information content (AvgIpc) is 2.58. The Balaban J connectivity index is 0.00000312. The summed E-state index contributed by atoms with van der Waals surface area (Å²) in [6, 6.07) is 5.35. The first-order valence-electron chi connectivity index (χ1n) is 8.44. The predicted octanol–water partition coefficient (Wildman–Crippen LogP) is 1.33. The van der Waals surface area contributed by atoms with Crippen LogP contribution in [0.4, 0.5) is 0 Å². The zero-order valence-corrected chi connectivity index (χ0v) is 16.5. The standard InChI is InChI=1S/C17H27N3O3S.ClH/c1-18-11-12-20(2)17(21)9-10-19-24(22,23)16-8-7-14-5-3-4-6-15(14)13-16;/h7-8,13,18-19H,3-6,9-12H2,1-2H3;1H. The lowest BCUT2D eigenvalue weighted by Gasteiger charge is -2.18. The number of halogens is 1. The van der Waals surface area contributed by atoms with Crippen LogP contribution in [-0.4, -0.2) is 53.0 Å². The Bertz CT molecular complexity index is 680. The second-order valence-corrected chi connectivity index (χ2v) is 7.97. The highest BCUT2D eigenvalue weighted by Gasteiger charge is 2.18. The van der Waals surface area contributed by atoms with Crippen LogP contribution in [-0.2, 0) is 27.7 Å². The van der Waals surface area contributed by atoms with E-state index in [9.17, 15) is 13.2 Å². The van der Waals surface area contributed by atoms with Crippen molar-refractivity contribution in [3.05, 3.63) is 29.3 Å². The highest BCUT2D eigenvalue weighted by Crippen LogP contribution is 2.23. The first kappa shape index (κ1) is 21.9. The Labute approximate surface area is 156 Å². The summed E-state index contributed by atoms with van der Waals surface area (Å²) >= 11 is 0. The summed E-state index contributed by atoms with van der Waals surface area (Å²) in [6.07, 6.45) is 4.40. The van der Waals surface area contributed by atoms with Crippen molar-refractivity contribution in [1.29, 1.82) is 0 Å². The highest BCUT2D eigenvalue weighted by atomic mass is 35.5. The Morgan fingerprint density at radius 1 is 1.16 bits per heavy atom. The SMILES string of the molecule is CNCCN(C)C(=O)CCNS(=O)(=O)c1ccc2c(c1)CCCC2.Cl. The third-order valence-electron chi connectivity index (χ3n) is 4.38. The van der Waals surface area contributed by atoms with Gasteiger partial charge in [0, 0.05) is 33.1 Å². The molecular formula is C17H28ClN3O3S. The van der Waals surface area contributed by atoms with E-state index in [1.807, 2.05) is 13.1 Å². The minimum atomic E-state index is -3.57. The third-order valence-corrected chi connectivity index (χ3v) is 5.84. The molecule has 2 rings (SSSR count). The lowest BCUT2D eigenvalue weighted by atomic mass is 9.92. The van der Waals surface area contributed by atoms with Crippen LogP contribution in [0.1, 0.15) is 30.4 Å². The molecule has 1 aliphatic carbocycles. The van der Waals surface area contributed by atoms with Gasteiger partial charge in [0.25, 0.3) is 0 Å². The number of likely N-dealkylation sites (N-methyl/N-ethyl adjacent to an activating group) is 2. The molecule has 0 spiro atoms. The molecule has 0 aliphatic heterocycles. The van der Waals surface area contributed by atoms with Crippen molar-refractivity contribution in [1.82, 2.24) is 14.9 Å². The molecule has 6 nitrogen and oxygen atoms in total. The normalized spacial score (nSPS) is 13.7. The summed E-state index contributed by atoms with van der Waals surface area (Å²) in [5.41, 5.74) is 2.38. The number of aryl methyl sites for hydroxylation is 2. The predicted molar refractivity (Wildman–Crippen MR) is 102 cm³/mol. The van der Waals surface area contributed by atoms with Gasteiger partial charge in [0.05, 0.1) is 4.90 Å². The molecule has 0 saturated heterocycles. The molecule has 1 aliphatic rings. The van der Waals surface area contributed by atoms with Crippen molar-refractivity contribution in [2.24, 2.45) is 0 Å². The van der Waals surface area contributed by atoms with E-state index >= 15 is 0 Å². The summed E-state index contributed by atoms with van der Waals surface area (Å²) in [4.78, 5) is 13.8. The maximum absolute atomic E-state index is 12.4. The van der Waals surface area contributed by atoms with Gasteiger partial charge >= 0.3 is 0 Å². The van der Waals surface area contributed by atoms with E-state index in [0.717, 1.165) is 24.8 Å². The van der Waals surface area contributed by atoms with Crippen LogP contribution in [0.15, 0.2) is 23.1 Å². The van der Waals surface area contributed by atoms with Crippen molar-refractivity contribution >= 4 is 28.3 Å². The van der Waals surface area contributed by atoms with Crippen molar-refractivity contribution in [3.63, 3.8) is 0 Å². The molecule has 0 atom stereocenters. The number of hydrogen-bond donors (Lipinski definition) is 2. The molecule has 0 radical (unpaired) electrons. The monoisotopic (exact) mass is 389 g/mol. The van der Waals surface area contributed by atoms with E-state index in [1.165, 1.54) is 12.0 Å². The summed E-state index contributed by atoms with van der Waals surface area (Å²) in [5, 5.41) is 2.97. The number of benzene rings is 1. The molecule has 0 aromatic heterocycles. The van der Waals surface area contributed by atoms with Crippen LogP contribution in [0.5, 0.6) is 0 Å². The maximum atomic E-state index is 12.4. The molecule has 142 valence electrons. The molecule has 2 N–H and O–H groups in total. The van der Waals surface area contributed by atoms with Gasteiger partial charge in [-0.25, -0.2) is 13.1 Å². The van der Waals surface area contributed by atoms with Gasteiger partial charge < -0.3 is 10.2 Å². The largest absolute Gasteiger partial charge is 0.344 e. The minimum Gasteiger partial charge on any atom is -0.344 e. The Morgan fingerprint density at radius 3 is 2.52 bits per heavy atom. The second-order valence-electron chi connectivity index (χ2n) is 6.20.